The predicted molar refractivity (Wildman–Crippen MR) is 67.1 cm³/mol. The van der Waals surface area contributed by atoms with E-state index in [0.717, 1.165) is 13.1 Å². The van der Waals surface area contributed by atoms with Crippen molar-refractivity contribution >= 4 is 21.4 Å². The molecule has 2 nitrogen and oxygen atoms in total. The molecule has 0 spiro atoms. The highest BCUT2D eigenvalue weighted by Crippen LogP contribution is 2.28. The van der Waals surface area contributed by atoms with E-state index in [1.54, 1.807) is 11.3 Å². The minimum Gasteiger partial charge on any atom is -0.326 e. The molecule has 2 aromatic rings. The maximum Gasteiger partial charge on any atom is 0.0390 e. The molecule has 0 radical (unpaired) electrons. The Morgan fingerprint density at radius 2 is 2.20 bits per heavy atom. The van der Waals surface area contributed by atoms with Crippen molar-refractivity contribution in [3.63, 3.8) is 0 Å². The number of rotatable bonds is 4. The zero-order chi connectivity index (χ0) is 10.7. The van der Waals surface area contributed by atoms with Gasteiger partial charge in [0.15, 0.2) is 0 Å². The smallest absolute Gasteiger partial charge is 0.0390 e. The van der Waals surface area contributed by atoms with Gasteiger partial charge in [-0.25, -0.2) is 0 Å². The Morgan fingerprint density at radius 1 is 1.33 bits per heavy atom. The lowest BCUT2D eigenvalue weighted by Crippen LogP contribution is -2.11. The monoisotopic (exact) mass is 220 g/mol. The first-order chi connectivity index (χ1) is 7.36. The Labute approximate surface area is 94.1 Å². The fraction of sp³-hybridized carbons (Fsp3) is 0.333. The summed E-state index contributed by atoms with van der Waals surface area (Å²) in [5.41, 5.74) is 8.35. The number of benzene rings is 1. The van der Waals surface area contributed by atoms with E-state index in [0.29, 0.717) is 6.54 Å². The second kappa shape index (κ2) is 4.75. The van der Waals surface area contributed by atoms with Crippen LogP contribution in [-0.2, 0) is 13.1 Å². The van der Waals surface area contributed by atoms with Crippen LogP contribution in [0.1, 0.15) is 18.1 Å². The maximum atomic E-state index is 5.72. The lowest BCUT2D eigenvalue weighted by atomic mass is 10.1. The number of nitrogens with two attached hydrogens (primary N) is 1. The third-order valence-corrected chi connectivity index (χ3v) is 3.67. The van der Waals surface area contributed by atoms with Crippen molar-refractivity contribution in [2.75, 3.05) is 6.54 Å². The summed E-state index contributed by atoms with van der Waals surface area (Å²) in [6, 6.07) is 6.38. The van der Waals surface area contributed by atoms with E-state index in [-0.39, 0.29) is 0 Å². The standard InChI is InChI=1S/C12H16N2S/c1-2-14-7-10-8-15-12-9(6-13)4-3-5-11(10)12/h3-5,8,14H,2,6-7,13H2,1H3. The first-order valence-electron chi connectivity index (χ1n) is 5.25. The lowest BCUT2D eigenvalue weighted by molar-refractivity contribution is 0.732. The van der Waals surface area contributed by atoms with Crippen molar-refractivity contribution in [1.82, 2.24) is 5.32 Å². The summed E-state index contributed by atoms with van der Waals surface area (Å²) in [7, 11) is 0. The van der Waals surface area contributed by atoms with Crippen LogP contribution in [-0.4, -0.2) is 6.54 Å². The molecule has 0 atom stereocenters. The van der Waals surface area contributed by atoms with Crippen LogP contribution in [0, 0.1) is 0 Å². The van der Waals surface area contributed by atoms with Gasteiger partial charge in [-0.3, -0.25) is 0 Å². The van der Waals surface area contributed by atoms with Crippen molar-refractivity contribution < 1.29 is 0 Å². The van der Waals surface area contributed by atoms with E-state index in [1.807, 2.05) is 0 Å². The average molecular weight is 220 g/mol. The van der Waals surface area contributed by atoms with E-state index in [9.17, 15) is 0 Å². The highest BCUT2D eigenvalue weighted by Gasteiger charge is 2.05. The second-order valence-electron chi connectivity index (χ2n) is 3.54. The molecule has 1 aromatic heterocycles. The molecular formula is C12H16N2S. The maximum absolute atomic E-state index is 5.72. The normalized spacial score (nSPS) is 11.1. The minimum atomic E-state index is 0.624. The van der Waals surface area contributed by atoms with E-state index in [2.05, 4.69) is 35.8 Å². The van der Waals surface area contributed by atoms with E-state index in [4.69, 9.17) is 5.73 Å². The van der Waals surface area contributed by atoms with E-state index in [1.165, 1.54) is 21.2 Å². The Bertz CT molecular complexity index is 448. The van der Waals surface area contributed by atoms with Gasteiger partial charge in [0.2, 0.25) is 0 Å². The van der Waals surface area contributed by atoms with Crippen molar-refractivity contribution in [2.45, 2.75) is 20.0 Å². The highest BCUT2D eigenvalue weighted by atomic mass is 32.1. The SMILES string of the molecule is CCNCc1csc2c(CN)cccc12. The largest absolute Gasteiger partial charge is 0.326 e. The summed E-state index contributed by atoms with van der Waals surface area (Å²) in [4.78, 5) is 0. The van der Waals surface area contributed by atoms with E-state index < -0.39 is 0 Å². The molecule has 3 heteroatoms. The summed E-state index contributed by atoms with van der Waals surface area (Å²) < 4.78 is 1.34. The van der Waals surface area contributed by atoms with Crippen molar-refractivity contribution in [2.24, 2.45) is 5.73 Å². The molecule has 0 unspecified atom stereocenters. The van der Waals surface area contributed by atoms with Gasteiger partial charge in [-0.05, 0) is 28.4 Å². The van der Waals surface area contributed by atoms with Crippen LogP contribution in [0.5, 0.6) is 0 Å². The van der Waals surface area contributed by atoms with Gasteiger partial charge in [0.05, 0.1) is 0 Å². The molecule has 0 saturated carbocycles. The molecule has 1 aromatic carbocycles. The van der Waals surface area contributed by atoms with Gasteiger partial charge in [0, 0.05) is 17.8 Å². The molecule has 1 heterocycles. The number of fused-ring (bicyclic) bond motifs is 1. The van der Waals surface area contributed by atoms with Crippen molar-refractivity contribution in [3.05, 3.63) is 34.7 Å². The zero-order valence-corrected chi connectivity index (χ0v) is 9.73. The van der Waals surface area contributed by atoms with Gasteiger partial charge in [0.1, 0.15) is 0 Å². The summed E-state index contributed by atoms with van der Waals surface area (Å²) in [5, 5.41) is 6.94. The molecule has 0 aliphatic heterocycles. The molecule has 0 aliphatic carbocycles. The molecule has 0 amide bonds. The molecule has 0 bridgehead atoms. The van der Waals surface area contributed by atoms with Crippen LogP contribution < -0.4 is 11.1 Å². The predicted octanol–water partition coefficient (Wildman–Crippen LogP) is 2.47. The summed E-state index contributed by atoms with van der Waals surface area (Å²) in [6.07, 6.45) is 0. The second-order valence-corrected chi connectivity index (χ2v) is 4.42. The third-order valence-electron chi connectivity index (χ3n) is 2.55. The third kappa shape index (κ3) is 2.04. The van der Waals surface area contributed by atoms with Crippen LogP contribution in [0.15, 0.2) is 23.6 Å². The molecule has 0 fully saturated rings. The first kappa shape index (κ1) is 10.6. The van der Waals surface area contributed by atoms with Gasteiger partial charge in [-0.15, -0.1) is 11.3 Å². The molecule has 3 N–H and O–H groups in total. The van der Waals surface area contributed by atoms with Crippen LogP contribution in [0.25, 0.3) is 10.1 Å². The van der Waals surface area contributed by atoms with Gasteiger partial charge in [-0.2, -0.15) is 0 Å². The summed E-state index contributed by atoms with van der Waals surface area (Å²) in [6.45, 7) is 4.71. The van der Waals surface area contributed by atoms with Crippen LogP contribution in [0.3, 0.4) is 0 Å². The molecule has 2 rings (SSSR count). The first-order valence-corrected chi connectivity index (χ1v) is 6.13. The number of nitrogens with one attached hydrogen (secondary N) is 1. The van der Waals surface area contributed by atoms with Crippen LogP contribution in [0.4, 0.5) is 0 Å². The minimum absolute atomic E-state index is 0.624. The number of hydrogen-bond acceptors (Lipinski definition) is 3. The van der Waals surface area contributed by atoms with Crippen molar-refractivity contribution in [1.29, 1.82) is 0 Å². The topological polar surface area (TPSA) is 38.0 Å². The summed E-state index contributed by atoms with van der Waals surface area (Å²) >= 11 is 1.80. The van der Waals surface area contributed by atoms with Crippen LogP contribution in [0.2, 0.25) is 0 Å². The van der Waals surface area contributed by atoms with Gasteiger partial charge in [-0.1, -0.05) is 25.1 Å². The summed E-state index contributed by atoms with van der Waals surface area (Å²) in [5.74, 6) is 0. The fourth-order valence-corrected chi connectivity index (χ4v) is 2.83. The average Bonchev–Trinajstić information content (AvgIpc) is 2.69. The lowest BCUT2D eigenvalue weighted by Gasteiger charge is -2.02. The Morgan fingerprint density at radius 3 is 2.93 bits per heavy atom. The van der Waals surface area contributed by atoms with Gasteiger partial charge >= 0.3 is 0 Å². The Kier molecular flexibility index (Phi) is 3.36. The number of hydrogen-bond donors (Lipinski definition) is 2. The Balaban J connectivity index is 2.42. The Hall–Kier alpha value is -0.900. The molecule has 0 saturated heterocycles. The van der Waals surface area contributed by atoms with Gasteiger partial charge in [0.25, 0.3) is 0 Å². The highest BCUT2D eigenvalue weighted by molar-refractivity contribution is 7.17. The van der Waals surface area contributed by atoms with Crippen LogP contribution >= 0.6 is 11.3 Å². The molecule has 80 valence electrons. The quantitative estimate of drug-likeness (QED) is 0.830. The fourth-order valence-electron chi connectivity index (χ4n) is 1.73. The zero-order valence-electron chi connectivity index (χ0n) is 8.92. The molecular weight excluding hydrogens is 204 g/mol. The number of thiophene rings is 1. The van der Waals surface area contributed by atoms with E-state index >= 15 is 0 Å². The van der Waals surface area contributed by atoms with Gasteiger partial charge < -0.3 is 11.1 Å². The molecule has 15 heavy (non-hydrogen) atoms. The molecule has 0 aliphatic rings. The van der Waals surface area contributed by atoms with Crippen molar-refractivity contribution in [3.8, 4) is 0 Å².